The summed E-state index contributed by atoms with van der Waals surface area (Å²) in [7, 11) is 0. The maximum Gasteiger partial charge on any atom is 0.256 e. The normalized spacial score (nSPS) is 19.5. The van der Waals surface area contributed by atoms with E-state index >= 15 is 0 Å². The lowest BCUT2D eigenvalue weighted by molar-refractivity contribution is -0.110. The number of amides is 1. The summed E-state index contributed by atoms with van der Waals surface area (Å²) in [5, 5.41) is 2.84. The molecule has 21 heavy (non-hydrogen) atoms. The van der Waals surface area contributed by atoms with Crippen LogP contribution in [0.4, 0.5) is 5.69 Å². The number of ketones is 1. The molecule has 0 fully saturated rings. The Balaban J connectivity index is 1.95. The minimum absolute atomic E-state index is 0.0384. The van der Waals surface area contributed by atoms with Crippen molar-refractivity contribution in [1.29, 1.82) is 0 Å². The fraction of sp³-hybridized carbons (Fsp3) is 0.0588. The molecule has 1 N–H and O–H groups in total. The van der Waals surface area contributed by atoms with Gasteiger partial charge in [0, 0.05) is 27.6 Å². The predicted molar refractivity (Wildman–Crippen MR) is 84.2 cm³/mol. The monoisotopic (exact) mass is 339 g/mol. The van der Waals surface area contributed by atoms with E-state index in [1.165, 1.54) is 0 Å². The van der Waals surface area contributed by atoms with Crippen molar-refractivity contribution >= 4 is 38.9 Å². The summed E-state index contributed by atoms with van der Waals surface area (Å²) in [4.78, 5) is 24.9. The summed E-state index contributed by atoms with van der Waals surface area (Å²) >= 11 is 3.43. The van der Waals surface area contributed by atoms with E-state index < -0.39 is 0 Å². The Kier molecular flexibility index (Phi) is 2.62. The molecule has 4 heteroatoms. The van der Waals surface area contributed by atoms with Crippen molar-refractivity contribution in [2.75, 3.05) is 5.32 Å². The molecule has 1 aliphatic carbocycles. The van der Waals surface area contributed by atoms with Crippen molar-refractivity contribution in [3.05, 3.63) is 69.2 Å². The molecule has 102 valence electrons. The van der Waals surface area contributed by atoms with Gasteiger partial charge in [0.15, 0.2) is 5.78 Å². The van der Waals surface area contributed by atoms with E-state index in [2.05, 4.69) is 21.2 Å². The van der Waals surface area contributed by atoms with Crippen LogP contribution in [-0.2, 0) is 11.2 Å². The lowest BCUT2D eigenvalue weighted by Gasteiger charge is -2.02. The second-order valence-electron chi connectivity index (χ2n) is 5.13. The fourth-order valence-corrected chi connectivity index (χ4v) is 3.45. The molecule has 4 rings (SSSR count). The molecular weight excluding hydrogens is 330 g/mol. The zero-order chi connectivity index (χ0) is 14.6. The maximum absolute atomic E-state index is 12.6. The van der Waals surface area contributed by atoms with Crippen LogP contribution < -0.4 is 5.32 Å². The lowest BCUT2D eigenvalue weighted by atomic mass is 9.98. The first-order valence-corrected chi connectivity index (χ1v) is 7.42. The number of hydrogen-bond donors (Lipinski definition) is 1. The quantitative estimate of drug-likeness (QED) is 0.745. The molecule has 3 nitrogen and oxygen atoms in total. The van der Waals surface area contributed by atoms with Gasteiger partial charge < -0.3 is 5.32 Å². The summed E-state index contributed by atoms with van der Waals surface area (Å²) < 4.78 is 0.826. The number of halogens is 1. The number of nitrogens with one attached hydrogen (secondary N) is 1. The largest absolute Gasteiger partial charge is 0.320 e. The molecule has 0 unspecified atom stereocenters. The molecule has 2 aromatic rings. The van der Waals surface area contributed by atoms with Crippen LogP contribution in [0.3, 0.4) is 0 Å². The van der Waals surface area contributed by atoms with Crippen LogP contribution in [0.2, 0.25) is 0 Å². The minimum Gasteiger partial charge on any atom is -0.320 e. The van der Waals surface area contributed by atoms with Crippen LogP contribution in [0, 0.1) is 0 Å². The second-order valence-corrected chi connectivity index (χ2v) is 5.99. The average Bonchev–Trinajstić information content (AvgIpc) is 2.98. The number of carbonyl (C=O) groups is 2. The Labute approximate surface area is 129 Å². The summed E-state index contributed by atoms with van der Waals surface area (Å²) in [6.45, 7) is 0. The van der Waals surface area contributed by atoms with E-state index in [9.17, 15) is 9.59 Å². The Bertz CT molecular complexity index is 852. The third-order valence-corrected chi connectivity index (χ3v) is 4.61. The number of rotatable bonds is 0. The van der Waals surface area contributed by atoms with Gasteiger partial charge in [-0.15, -0.1) is 0 Å². The minimum atomic E-state index is -0.201. The topological polar surface area (TPSA) is 46.2 Å². The molecule has 0 bridgehead atoms. The standard InChI is InChI=1S/C17H10BrNO2/c18-13-7-3-6-11-14(17(21)19-15(11)13)12-8-9-4-1-2-5-10(9)16(12)20/h1-7H,8H2,(H,19,21)/b14-12+. The van der Waals surface area contributed by atoms with Gasteiger partial charge in [-0.25, -0.2) is 0 Å². The van der Waals surface area contributed by atoms with Crippen LogP contribution in [0.15, 0.2) is 52.5 Å². The smallest absolute Gasteiger partial charge is 0.256 e. The molecule has 0 radical (unpaired) electrons. The van der Waals surface area contributed by atoms with Gasteiger partial charge >= 0.3 is 0 Å². The number of hydrogen-bond acceptors (Lipinski definition) is 2. The molecule has 1 aliphatic heterocycles. The summed E-state index contributed by atoms with van der Waals surface area (Å²) in [6.07, 6.45) is 0.518. The average molecular weight is 340 g/mol. The van der Waals surface area contributed by atoms with Gasteiger partial charge in [0.25, 0.3) is 5.91 Å². The lowest BCUT2D eigenvalue weighted by Crippen LogP contribution is -2.09. The van der Waals surface area contributed by atoms with Crippen molar-refractivity contribution in [3.8, 4) is 0 Å². The van der Waals surface area contributed by atoms with Gasteiger partial charge in [0.05, 0.1) is 11.3 Å². The van der Waals surface area contributed by atoms with Crippen LogP contribution in [0.1, 0.15) is 21.5 Å². The van der Waals surface area contributed by atoms with Crippen molar-refractivity contribution in [1.82, 2.24) is 0 Å². The zero-order valence-electron chi connectivity index (χ0n) is 10.9. The summed E-state index contributed by atoms with van der Waals surface area (Å²) in [6, 6.07) is 13.1. The molecule has 0 saturated carbocycles. The Morgan fingerprint density at radius 3 is 2.52 bits per heavy atom. The number of fused-ring (bicyclic) bond motifs is 2. The molecule has 2 aliphatic rings. The Morgan fingerprint density at radius 1 is 0.952 bits per heavy atom. The van der Waals surface area contributed by atoms with Crippen LogP contribution in [0.5, 0.6) is 0 Å². The summed E-state index contributed by atoms with van der Waals surface area (Å²) in [5.74, 6) is -0.239. The van der Waals surface area contributed by atoms with Crippen molar-refractivity contribution in [2.24, 2.45) is 0 Å². The third-order valence-electron chi connectivity index (χ3n) is 3.95. The van der Waals surface area contributed by atoms with E-state index in [0.717, 1.165) is 21.3 Å². The van der Waals surface area contributed by atoms with Crippen LogP contribution in [0.25, 0.3) is 5.57 Å². The number of benzene rings is 2. The number of carbonyl (C=O) groups excluding carboxylic acids is 2. The Hall–Kier alpha value is -2.20. The van der Waals surface area contributed by atoms with E-state index in [0.29, 0.717) is 23.1 Å². The molecule has 0 spiro atoms. The van der Waals surface area contributed by atoms with Crippen molar-refractivity contribution in [3.63, 3.8) is 0 Å². The predicted octanol–water partition coefficient (Wildman–Crippen LogP) is 3.59. The van der Waals surface area contributed by atoms with E-state index in [-0.39, 0.29) is 11.7 Å². The van der Waals surface area contributed by atoms with Gasteiger partial charge in [-0.2, -0.15) is 0 Å². The first-order valence-electron chi connectivity index (χ1n) is 6.63. The zero-order valence-corrected chi connectivity index (χ0v) is 12.5. The highest BCUT2D eigenvalue weighted by Crippen LogP contribution is 2.41. The molecule has 0 aromatic heterocycles. The van der Waals surface area contributed by atoms with Gasteiger partial charge in [-0.1, -0.05) is 36.4 Å². The molecule has 0 saturated heterocycles. The van der Waals surface area contributed by atoms with Gasteiger partial charge in [0.1, 0.15) is 0 Å². The van der Waals surface area contributed by atoms with Crippen molar-refractivity contribution in [2.45, 2.75) is 6.42 Å². The molecule has 2 aromatic carbocycles. The third kappa shape index (κ3) is 1.72. The molecule has 1 amide bonds. The Morgan fingerprint density at radius 2 is 1.71 bits per heavy atom. The molecule has 0 atom stereocenters. The van der Waals surface area contributed by atoms with E-state index in [1.807, 2.05) is 42.5 Å². The van der Waals surface area contributed by atoms with E-state index in [4.69, 9.17) is 0 Å². The first-order chi connectivity index (χ1) is 10.2. The number of para-hydroxylation sites is 1. The highest BCUT2D eigenvalue weighted by molar-refractivity contribution is 9.10. The van der Waals surface area contributed by atoms with E-state index in [1.54, 1.807) is 0 Å². The van der Waals surface area contributed by atoms with Gasteiger partial charge in [0.2, 0.25) is 0 Å². The highest BCUT2D eigenvalue weighted by Gasteiger charge is 2.35. The van der Waals surface area contributed by atoms with Crippen molar-refractivity contribution < 1.29 is 9.59 Å². The number of Topliss-reactive ketones (excluding diaryl/α,β-unsaturated/α-hetero) is 1. The summed E-state index contributed by atoms with van der Waals surface area (Å²) in [5.41, 5.74) is 4.33. The number of allylic oxidation sites excluding steroid dienone is 1. The highest BCUT2D eigenvalue weighted by atomic mass is 79.9. The van der Waals surface area contributed by atoms with Gasteiger partial charge in [-0.3, -0.25) is 9.59 Å². The maximum atomic E-state index is 12.6. The molecule has 1 heterocycles. The van der Waals surface area contributed by atoms with Crippen LogP contribution >= 0.6 is 15.9 Å². The fourth-order valence-electron chi connectivity index (χ4n) is 2.99. The number of anilines is 1. The first kappa shape index (κ1) is 12.5. The second kappa shape index (κ2) is 4.40. The molecular formula is C17H10BrNO2. The van der Waals surface area contributed by atoms with Crippen LogP contribution in [-0.4, -0.2) is 11.7 Å². The SMILES string of the molecule is O=C1Nc2c(Br)cccc2/C1=C1/Cc2ccccc2C1=O. The van der Waals surface area contributed by atoms with Gasteiger partial charge in [-0.05, 0) is 27.6 Å².